The standard InChI is InChI=1S/C19H14N4O3/c20-19-21-9-8-17(23-19)26-13-6-7-14-15(11-25-16(14)10-13)18(24)22-12-4-2-1-3-5-12/h1-11H,(H,22,24)(H2,20,21,23). The molecule has 0 unspecified atom stereocenters. The van der Waals surface area contributed by atoms with Crippen molar-refractivity contribution in [1.82, 2.24) is 9.97 Å². The largest absolute Gasteiger partial charge is 0.463 e. The predicted octanol–water partition coefficient (Wildman–Crippen LogP) is 3.85. The maximum atomic E-state index is 12.5. The second-order valence-corrected chi connectivity index (χ2v) is 5.48. The van der Waals surface area contributed by atoms with Crippen molar-refractivity contribution >= 4 is 28.5 Å². The lowest BCUT2D eigenvalue weighted by Gasteiger charge is -2.05. The summed E-state index contributed by atoms with van der Waals surface area (Å²) in [5, 5.41) is 3.52. The first-order chi connectivity index (χ1) is 12.7. The molecule has 3 N–H and O–H groups in total. The molecular formula is C19H14N4O3. The summed E-state index contributed by atoms with van der Waals surface area (Å²) in [6.07, 6.45) is 2.94. The Labute approximate surface area is 148 Å². The number of carbonyl (C=O) groups excluding carboxylic acids is 1. The highest BCUT2D eigenvalue weighted by atomic mass is 16.5. The molecule has 7 nitrogen and oxygen atoms in total. The number of aromatic nitrogens is 2. The Balaban J connectivity index is 1.58. The van der Waals surface area contributed by atoms with Crippen LogP contribution in [0.5, 0.6) is 11.6 Å². The molecule has 0 bridgehead atoms. The molecule has 0 aliphatic rings. The summed E-state index contributed by atoms with van der Waals surface area (Å²) >= 11 is 0. The Morgan fingerprint density at radius 3 is 2.77 bits per heavy atom. The first-order valence-electron chi connectivity index (χ1n) is 7.83. The van der Waals surface area contributed by atoms with Gasteiger partial charge in [-0.2, -0.15) is 4.98 Å². The number of para-hydroxylation sites is 1. The van der Waals surface area contributed by atoms with Gasteiger partial charge in [-0.25, -0.2) is 4.98 Å². The number of hydrogen-bond acceptors (Lipinski definition) is 6. The lowest BCUT2D eigenvalue weighted by atomic mass is 10.1. The first kappa shape index (κ1) is 15.6. The quantitative estimate of drug-likeness (QED) is 0.582. The van der Waals surface area contributed by atoms with E-state index in [0.717, 1.165) is 0 Å². The lowest BCUT2D eigenvalue weighted by Crippen LogP contribution is -2.10. The van der Waals surface area contributed by atoms with Crippen molar-refractivity contribution in [2.75, 3.05) is 11.1 Å². The van der Waals surface area contributed by atoms with E-state index in [9.17, 15) is 4.79 Å². The number of furan rings is 1. The van der Waals surface area contributed by atoms with E-state index < -0.39 is 0 Å². The number of ether oxygens (including phenoxy) is 1. The topological polar surface area (TPSA) is 103 Å². The molecule has 0 spiro atoms. The fraction of sp³-hybridized carbons (Fsp3) is 0. The highest BCUT2D eigenvalue weighted by Crippen LogP contribution is 2.28. The summed E-state index contributed by atoms with van der Waals surface area (Å²) in [6, 6.07) is 16.0. The van der Waals surface area contributed by atoms with Crippen molar-refractivity contribution in [3.05, 3.63) is 72.6 Å². The monoisotopic (exact) mass is 346 g/mol. The molecule has 2 heterocycles. The fourth-order valence-corrected chi connectivity index (χ4v) is 2.50. The molecule has 0 fully saturated rings. The molecule has 0 radical (unpaired) electrons. The number of anilines is 2. The Morgan fingerprint density at radius 1 is 1.12 bits per heavy atom. The van der Waals surface area contributed by atoms with E-state index in [4.69, 9.17) is 14.9 Å². The van der Waals surface area contributed by atoms with Gasteiger partial charge < -0.3 is 20.2 Å². The Kier molecular flexibility index (Phi) is 3.95. The van der Waals surface area contributed by atoms with Crippen LogP contribution in [0.25, 0.3) is 11.0 Å². The molecule has 0 aliphatic heterocycles. The van der Waals surface area contributed by atoms with E-state index in [1.807, 2.05) is 30.3 Å². The molecule has 128 valence electrons. The minimum Gasteiger partial charge on any atom is -0.463 e. The number of carbonyl (C=O) groups is 1. The van der Waals surface area contributed by atoms with E-state index in [-0.39, 0.29) is 11.9 Å². The summed E-state index contributed by atoms with van der Waals surface area (Å²) in [4.78, 5) is 20.3. The van der Waals surface area contributed by atoms with Gasteiger partial charge in [0.1, 0.15) is 17.6 Å². The van der Waals surface area contributed by atoms with E-state index in [1.54, 1.807) is 24.3 Å². The maximum absolute atomic E-state index is 12.5. The highest BCUT2D eigenvalue weighted by Gasteiger charge is 2.15. The molecule has 2 aromatic heterocycles. The predicted molar refractivity (Wildman–Crippen MR) is 97.1 cm³/mol. The Morgan fingerprint density at radius 2 is 1.96 bits per heavy atom. The maximum Gasteiger partial charge on any atom is 0.259 e. The van der Waals surface area contributed by atoms with E-state index in [2.05, 4.69) is 15.3 Å². The highest BCUT2D eigenvalue weighted by molar-refractivity contribution is 6.12. The Hall–Kier alpha value is -3.87. The summed E-state index contributed by atoms with van der Waals surface area (Å²) in [5.41, 5.74) is 7.23. The van der Waals surface area contributed by atoms with Crippen LogP contribution in [0, 0.1) is 0 Å². The molecule has 0 atom stereocenters. The van der Waals surface area contributed by atoms with Crippen molar-refractivity contribution in [2.24, 2.45) is 0 Å². The number of hydrogen-bond donors (Lipinski definition) is 2. The number of fused-ring (bicyclic) bond motifs is 1. The number of nitrogen functional groups attached to an aromatic ring is 1. The number of nitrogens with zero attached hydrogens (tertiary/aromatic N) is 2. The van der Waals surface area contributed by atoms with Crippen molar-refractivity contribution in [2.45, 2.75) is 0 Å². The van der Waals surface area contributed by atoms with Crippen LogP contribution in [0.15, 0.2) is 71.5 Å². The molecule has 2 aromatic carbocycles. The first-order valence-corrected chi connectivity index (χ1v) is 7.83. The normalized spacial score (nSPS) is 10.6. The van der Waals surface area contributed by atoms with E-state index >= 15 is 0 Å². The molecule has 4 rings (SSSR count). The van der Waals surface area contributed by atoms with Gasteiger partial charge in [-0.1, -0.05) is 18.2 Å². The summed E-state index contributed by atoms with van der Waals surface area (Å²) in [7, 11) is 0. The second-order valence-electron chi connectivity index (χ2n) is 5.48. The van der Waals surface area contributed by atoms with Gasteiger partial charge in [-0.15, -0.1) is 0 Å². The van der Waals surface area contributed by atoms with Crippen LogP contribution in [-0.4, -0.2) is 15.9 Å². The summed E-state index contributed by atoms with van der Waals surface area (Å²) in [6.45, 7) is 0. The van der Waals surface area contributed by atoms with Crippen LogP contribution in [0.3, 0.4) is 0 Å². The zero-order valence-electron chi connectivity index (χ0n) is 13.5. The van der Waals surface area contributed by atoms with Crippen LogP contribution in [-0.2, 0) is 0 Å². The van der Waals surface area contributed by atoms with E-state index in [1.165, 1.54) is 12.5 Å². The molecular weight excluding hydrogens is 332 g/mol. The molecule has 1 amide bonds. The third-order valence-electron chi connectivity index (χ3n) is 3.69. The zero-order chi connectivity index (χ0) is 17.9. The van der Waals surface area contributed by atoms with Crippen LogP contribution >= 0.6 is 0 Å². The van der Waals surface area contributed by atoms with Crippen molar-refractivity contribution < 1.29 is 13.9 Å². The van der Waals surface area contributed by atoms with Gasteiger partial charge in [-0.3, -0.25) is 4.79 Å². The average Bonchev–Trinajstić information content (AvgIpc) is 3.06. The molecule has 7 heteroatoms. The van der Waals surface area contributed by atoms with Crippen LogP contribution in [0.2, 0.25) is 0 Å². The fourth-order valence-electron chi connectivity index (χ4n) is 2.50. The van der Waals surface area contributed by atoms with Gasteiger partial charge in [0.05, 0.1) is 5.56 Å². The molecule has 4 aromatic rings. The van der Waals surface area contributed by atoms with Gasteiger partial charge in [0.15, 0.2) is 0 Å². The van der Waals surface area contributed by atoms with Gasteiger partial charge >= 0.3 is 0 Å². The number of nitrogens with one attached hydrogen (secondary N) is 1. The van der Waals surface area contributed by atoms with Gasteiger partial charge in [0, 0.05) is 29.4 Å². The van der Waals surface area contributed by atoms with Crippen LogP contribution in [0.1, 0.15) is 10.4 Å². The van der Waals surface area contributed by atoms with Crippen molar-refractivity contribution in [3.63, 3.8) is 0 Å². The molecule has 0 saturated carbocycles. The van der Waals surface area contributed by atoms with E-state index in [0.29, 0.717) is 33.8 Å². The third-order valence-corrected chi connectivity index (χ3v) is 3.69. The smallest absolute Gasteiger partial charge is 0.259 e. The number of rotatable bonds is 4. The van der Waals surface area contributed by atoms with Gasteiger partial charge in [0.2, 0.25) is 11.8 Å². The van der Waals surface area contributed by atoms with Crippen molar-refractivity contribution in [1.29, 1.82) is 0 Å². The molecule has 0 aliphatic carbocycles. The minimum absolute atomic E-state index is 0.126. The summed E-state index contributed by atoms with van der Waals surface area (Å²) in [5.74, 6) is 0.721. The zero-order valence-corrected chi connectivity index (χ0v) is 13.5. The third kappa shape index (κ3) is 3.18. The second kappa shape index (κ2) is 6.56. The number of benzene rings is 2. The van der Waals surface area contributed by atoms with Gasteiger partial charge in [0.25, 0.3) is 5.91 Å². The molecule has 0 saturated heterocycles. The average molecular weight is 346 g/mol. The lowest BCUT2D eigenvalue weighted by molar-refractivity contribution is 0.102. The van der Waals surface area contributed by atoms with Crippen molar-refractivity contribution in [3.8, 4) is 11.6 Å². The minimum atomic E-state index is -0.243. The van der Waals surface area contributed by atoms with Gasteiger partial charge in [-0.05, 0) is 24.3 Å². The summed E-state index contributed by atoms with van der Waals surface area (Å²) < 4.78 is 11.2. The SMILES string of the molecule is Nc1nccc(Oc2ccc3c(C(=O)Nc4ccccc4)coc3c2)n1. The molecule has 26 heavy (non-hydrogen) atoms. The number of nitrogens with two attached hydrogens (primary N) is 1. The number of amides is 1. The van der Waals surface area contributed by atoms with Crippen LogP contribution < -0.4 is 15.8 Å². The van der Waals surface area contributed by atoms with Crippen LogP contribution in [0.4, 0.5) is 11.6 Å². The Bertz CT molecular complexity index is 1080.